The van der Waals surface area contributed by atoms with Crippen LogP contribution in [0.15, 0.2) is 12.7 Å². The highest BCUT2D eigenvalue weighted by molar-refractivity contribution is 5.80. The molecule has 0 saturated heterocycles. The average Bonchev–Trinajstić information content (AvgIpc) is 3.00. The van der Waals surface area contributed by atoms with Crippen LogP contribution < -0.4 is 5.32 Å². The molecular weight excluding hydrogens is 260 g/mol. The van der Waals surface area contributed by atoms with Crippen LogP contribution in [-0.4, -0.2) is 39.8 Å². The number of esters is 1. The SMILES string of the molecule is COC(=O)C1CCC(NC(=O)C(C)n2cncn2)CC1. The zero-order valence-electron chi connectivity index (χ0n) is 11.8. The first-order chi connectivity index (χ1) is 9.61. The second-order valence-electron chi connectivity index (χ2n) is 5.13. The Bertz CT molecular complexity index is 452. The van der Waals surface area contributed by atoms with E-state index in [1.54, 1.807) is 6.92 Å². The van der Waals surface area contributed by atoms with Crippen molar-refractivity contribution >= 4 is 11.9 Å². The van der Waals surface area contributed by atoms with Gasteiger partial charge in [0.2, 0.25) is 5.91 Å². The maximum absolute atomic E-state index is 12.1. The van der Waals surface area contributed by atoms with Gasteiger partial charge in [-0.05, 0) is 32.6 Å². The molecule has 1 aromatic rings. The second-order valence-corrected chi connectivity index (χ2v) is 5.13. The lowest BCUT2D eigenvalue weighted by Gasteiger charge is -2.28. The van der Waals surface area contributed by atoms with Crippen molar-refractivity contribution in [3.8, 4) is 0 Å². The molecule has 0 spiro atoms. The molecular formula is C13H20N4O3. The van der Waals surface area contributed by atoms with E-state index in [1.165, 1.54) is 24.4 Å². The van der Waals surface area contributed by atoms with E-state index in [1.807, 2.05) is 0 Å². The van der Waals surface area contributed by atoms with Gasteiger partial charge in [0.15, 0.2) is 0 Å². The van der Waals surface area contributed by atoms with Gasteiger partial charge in [-0.25, -0.2) is 9.67 Å². The minimum atomic E-state index is -0.379. The van der Waals surface area contributed by atoms with Crippen LogP contribution in [-0.2, 0) is 14.3 Å². The third-order valence-corrected chi connectivity index (χ3v) is 3.82. The smallest absolute Gasteiger partial charge is 0.308 e. The summed E-state index contributed by atoms with van der Waals surface area (Å²) in [6.45, 7) is 1.78. The van der Waals surface area contributed by atoms with Crippen LogP contribution in [0.1, 0.15) is 38.6 Å². The van der Waals surface area contributed by atoms with E-state index in [4.69, 9.17) is 4.74 Å². The number of carbonyl (C=O) groups excluding carboxylic acids is 2. The molecule has 1 atom stereocenters. The highest BCUT2D eigenvalue weighted by Crippen LogP contribution is 2.25. The Morgan fingerprint density at radius 2 is 2.05 bits per heavy atom. The van der Waals surface area contributed by atoms with Gasteiger partial charge < -0.3 is 10.1 Å². The van der Waals surface area contributed by atoms with Crippen LogP contribution in [0, 0.1) is 5.92 Å². The molecule has 1 unspecified atom stereocenters. The number of hydrogen-bond donors (Lipinski definition) is 1. The number of amides is 1. The number of methoxy groups -OCH3 is 1. The predicted octanol–water partition coefficient (Wildman–Crippen LogP) is 0.687. The third-order valence-electron chi connectivity index (χ3n) is 3.82. The van der Waals surface area contributed by atoms with E-state index in [2.05, 4.69) is 15.4 Å². The lowest BCUT2D eigenvalue weighted by Crippen LogP contribution is -2.41. The molecule has 7 heteroatoms. The summed E-state index contributed by atoms with van der Waals surface area (Å²) in [7, 11) is 1.41. The van der Waals surface area contributed by atoms with Gasteiger partial charge in [-0.1, -0.05) is 0 Å². The highest BCUT2D eigenvalue weighted by Gasteiger charge is 2.28. The van der Waals surface area contributed by atoms with E-state index in [0.717, 1.165) is 25.7 Å². The summed E-state index contributed by atoms with van der Waals surface area (Å²) in [6, 6.07) is -0.259. The monoisotopic (exact) mass is 280 g/mol. The van der Waals surface area contributed by atoms with Gasteiger partial charge in [0.05, 0.1) is 13.0 Å². The van der Waals surface area contributed by atoms with Gasteiger partial charge >= 0.3 is 5.97 Å². The molecule has 1 aliphatic carbocycles. The van der Waals surface area contributed by atoms with Crippen LogP contribution in [0.3, 0.4) is 0 Å². The number of carbonyl (C=O) groups is 2. The standard InChI is InChI=1S/C13H20N4O3/c1-9(17-8-14-7-15-17)12(18)16-11-5-3-10(4-6-11)13(19)20-2/h7-11H,3-6H2,1-2H3,(H,16,18). The summed E-state index contributed by atoms with van der Waals surface area (Å²) in [4.78, 5) is 27.4. The molecule has 110 valence electrons. The first-order valence-corrected chi connectivity index (χ1v) is 6.84. The largest absolute Gasteiger partial charge is 0.469 e. The van der Waals surface area contributed by atoms with Crippen LogP contribution in [0.2, 0.25) is 0 Å². The minimum absolute atomic E-state index is 0.0270. The minimum Gasteiger partial charge on any atom is -0.469 e. The molecule has 1 saturated carbocycles. The van der Waals surface area contributed by atoms with Crippen LogP contribution in [0.4, 0.5) is 0 Å². The zero-order valence-corrected chi connectivity index (χ0v) is 11.8. The zero-order chi connectivity index (χ0) is 14.5. The van der Waals surface area contributed by atoms with Crippen molar-refractivity contribution < 1.29 is 14.3 Å². The summed E-state index contributed by atoms with van der Waals surface area (Å²) in [5.41, 5.74) is 0. The molecule has 7 nitrogen and oxygen atoms in total. The lowest BCUT2D eigenvalue weighted by molar-refractivity contribution is -0.146. The quantitative estimate of drug-likeness (QED) is 0.820. The lowest BCUT2D eigenvalue weighted by atomic mass is 9.86. The van der Waals surface area contributed by atoms with Crippen molar-refractivity contribution in [1.82, 2.24) is 20.1 Å². The predicted molar refractivity (Wildman–Crippen MR) is 70.6 cm³/mol. The number of nitrogens with zero attached hydrogens (tertiary/aromatic N) is 3. The Balaban J connectivity index is 1.80. The van der Waals surface area contributed by atoms with Crippen molar-refractivity contribution in [3.63, 3.8) is 0 Å². The second kappa shape index (κ2) is 6.49. The van der Waals surface area contributed by atoms with Crippen molar-refractivity contribution in [2.24, 2.45) is 5.92 Å². The Morgan fingerprint density at radius 3 is 2.60 bits per heavy atom. The topological polar surface area (TPSA) is 86.1 Å². The molecule has 0 radical (unpaired) electrons. The average molecular weight is 280 g/mol. The van der Waals surface area contributed by atoms with E-state index in [0.29, 0.717) is 0 Å². The third kappa shape index (κ3) is 3.34. The Hall–Kier alpha value is -1.92. The van der Waals surface area contributed by atoms with E-state index in [-0.39, 0.29) is 29.9 Å². The van der Waals surface area contributed by atoms with E-state index in [9.17, 15) is 9.59 Å². The molecule has 1 aliphatic rings. The first kappa shape index (κ1) is 14.5. The number of rotatable bonds is 4. The summed E-state index contributed by atoms with van der Waals surface area (Å²) >= 11 is 0. The maximum atomic E-state index is 12.1. The Labute approximate surface area is 117 Å². The molecule has 2 rings (SSSR count). The van der Waals surface area contributed by atoms with Crippen molar-refractivity contribution in [2.75, 3.05) is 7.11 Å². The number of aromatic nitrogens is 3. The van der Waals surface area contributed by atoms with Gasteiger partial charge in [-0.3, -0.25) is 9.59 Å². The molecule has 1 aromatic heterocycles. The van der Waals surface area contributed by atoms with Gasteiger partial charge in [-0.2, -0.15) is 5.10 Å². The Morgan fingerprint density at radius 1 is 1.35 bits per heavy atom. The van der Waals surface area contributed by atoms with Crippen molar-refractivity contribution in [3.05, 3.63) is 12.7 Å². The molecule has 0 aliphatic heterocycles. The fourth-order valence-electron chi connectivity index (χ4n) is 2.50. The van der Waals surface area contributed by atoms with Gasteiger partial charge in [0.1, 0.15) is 18.7 Å². The molecule has 1 amide bonds. The summed E-state index contributed by atoms with van der Waals surface area (Å²) in [5.74, 6) is -0.247. The highest BCUT2D eigenvalue weighted by atomic mass is 16.5. The van der Waals surface area contributed by atoms with E-state index >= 15 is 0 Å². The fraction of sp³-hybridized carbons (Fsp3) is 0.692. The first-order valence-electron chi connectivity index (χ1n) is 6.84. The molecule has 1 N–H and O–H groups in total. The molecule has 20 heavy (non-hydrogen) atoms. The van der Waals surface area contributed by atoms with Crippen molar-refractivity contribution in [1.29, 1.82) is 0 Å². The number of nitrogens with one attached hydrogen (secondary N) is 1. The normalized spacial score (nSPS) is 23.9. The van der Waals surface area contributed by atoms with Gasteiger partial charge in [0.25, 0.3) is 0 Å². The summed E-state index contributed by atoms with van der Waals surface area (Å²) in [6.07, 6.45) is 6.06. The maximum Gasteiger partial charge on any atom is 0.308 e. The molecule has 1 heterocycles. The van der Waals surface area contributed by atoms with Gasteiger partial charge in [-0.15, -0.1) is 0 Å². The molecule has 0 bridgehead atoms. The fourth-order valence-corrected chi connectivity index (χ4v) is 2.50. The molecule has 0 aromatic carbocycles. The van der Waals surface area contributed by atoms with Crippen LogP contribution >= 0.6 is 0 Å². The Kier molecular flexibility index (Phi) is 4.70. The molecule has 1 fully saturated rings. The summed E-state index contributed by atoms with van der Waals surface area (Å²) in [5, 5.41) is 6.96. The van der Waals surface area contributed by atoms with Crippen LogP contribution in [0.25, 0.3) is 0 Å². The number of hydrogen-bond acceptors (Lipinski definition) is 5. The van der Waals surface area contributed by atoms with Crippen LogP contribution in [0.5, 0.6) is 0 Å². The number of ether oxygens (including phenoxy) is 1. The summed E-state index contributed by atoms with van der Waals surface area (Å²) < 4.78 is 6.27. The van der Waals surface area contributed by atoms with Gasteiger partial charge in [0, 0.05) is 6.04 Å². The van der Waals surface area contributed by atoms with Crippen molar-refractivity contribution in [2.45, 2.75) is 44.7 Å². The van der Waals surface area contributed by atoms with E-state index < -0.39 is 0 Å².